The predicted molar refractivity (Wildman–Crippen MR) is 166 cm³/mol. The molecule has 0 bridgehead atoms. The molecule has 1 amide bonds. The number of halogens is 3. The van der Waals surface area contributed by atoms with Gasteiger partial charge in [-0.05, 0) is 61.3 Å². The first-order valence-electron chi connectivity index (χ1n) is 13.1. The Morgan fingerprint density at radius 1 is 1.14 bits per heavy atom. The Morgan fingerprint density at radius 2 is 1.81 bits per heavy atom. The highest BCUT2D eigenvalue weighted by atomic mass is 35.5. The first-order chi connectivity index (χ1) is 20.1. The molecule has 42 heavy (non-hydrogen) atoms. The van der Waals surface area contributed by atoms with Crippen molar-refractivity contribution in [2.75, 3.05) is 43.9 Å². The molecule has 0 aliphatic carbocycles. The predicted octanol–water partition coefficient (Wildman–Crippen LogP) is 5.32. The molecule has 0 radical (unpaired) electrons. The van der Waals surface area contributed by atoms with Crippen molar-refractivity contribution in [2.24, 2.45) is 4.99 Å². The number of hydrogen-bond acceptors (Lipinski definition) is 8. The number of carbonyl (C=O) groups excluding carboxylic acids is 2. The van der Waals surface area contributed by atoms with Gasteiger partial charge in [0.1, 0.15) is 17.4 Å². The van der Waals surface area contributed by atoms with Crippen molar-refractivity contribution in [2.45, 2.75) is 44.7 Å². The number of para-hydroxylation sites is 1. The third-order valence-corrected chi connectivity index (χ3v) is 8.88. The number of ether oxygens (including phenoxy) is 2. The highest BCUT2D eigenvalue weighted by Crippen LogP contribution is 2.33. The van der Waals surface area contributed by atoms with Crippen LogP contribution in [0.15, 0.2) is 45.0 Å². The Bertz CT molecular complexity index is 1520. The Labute approximate surface area is 261 Å². The van der Waals surface area contributed by atoms with E-state index in [1.54, 1.807) is 21.4 Å². The van der Waals surface area contributed by atoms with Crippen LogP contribution in [-0.2, 0) is 32.2 Å². The second-order valence-electron chi connectivity index (χ2n) is 9.23. The number of methoxy groups -OCH3 is 2. The summed E-state index contributed by atoms with van der Waals surface area (Å²) in [6.45, 7) is 6.32. The van der Waals surface area contributed by atoms with Crippen LogP contribution in [0.2, 0.25) is 5.02 Å². The molecule has 0 unspecified atom stereocenters. The van der Waals surface area contributed by atoms with E-state index in [2.05, 4.69) is 9.73 Å². The van der Waals surface area contributed by atoms with E-state index in [4.69, 9.17) is 27.9 Å². The fourth-order valence-electron chi connectivity index (χ4n) is 4.28. The number of thioether (sulfide) groups is 1. The molecule has 0 spiro atoms. The molecule has 0 atom stereocenters. The summed E-state index contributed by atoms with van der Waals surface area (Å²) in [5.74, 6) is -1.04. The van der Waals surface area contributed by atoms with Crippen LogP contribution >= 0.6 is 46.3 Å². The second-order valence-corrected chi connectivity index (χ2v) is 11.8. The van der Waals surface area contributed by atoms with E-state index < -0.39 is 11.8 Å². The first-order valence-corrected chi connectivity index (χ1v) is 15.8. The van der Waals surface area contributed by atoms with E-state index in [9.17, 15) is 18.8 Å². The molecule has 1 aliphatic rings. The van der Waals surface area contributed by atoms with Gasteiger partial charge >= 0.3 is 10.8 Å². The number of hydrogen-bond donors (Lipinski definition) is 0. The van der Waals surface area contributed by atoms with Crippen molar-refractivity contribution in [1.82, 2.24) is 9.36 Å². The molecule has 2 heterocycles. The maximum absolute atomic E-state index is 14.3. The van der Waals surface area contributed by atoms with Gasteiger partial charge in [-0.1, -0.05) is 29.8 Å². The highest BCUT2D eigenvalue weighted by molar-refractivity contribution is 8.00. The Balaban J connectivity index is 0.000000250. The maximum Gasteiger partial charge on any atom is 0.325 e. The molecule has 4 rings (SSSR count). The van der Waals surface area contributed by atoms with Crippen LogP contribution in [0, 0.1) is 19.7 Å². The maximum atomic E-state index is 14.3. The smallest absolute Gasteiger partial charge is 0.325 e. The lowest BCUT2D eigenvalue weighted by molar-refractivity contribution is -0.137. The lowest BCUT2D eigenvalue weighted by Gasteiger charge is -2.25. The minimum absolute atomic E-state index is 0.0164. The summed E-state index contributed by atoms with van der Waals surface area (Å²) in [4.78, 5) is 42.1. The number of carbonyl (C=O) groups is 2. The number of amides is 1. The van der Waals surface area contributed by atoms with E-state index >= 15 is 0 Å². The summed E-state index contributed by atoms with van der Waals surface area (Å²) in [7, 11) is 2.92. The average Bonchev–Trinajstić information content (AvgIpc) is 3.30. The van der Waals surface area contributed by atoms with Gasteiger partial charge in [-0.2, -0.15) is 0 Å². The second kappa shape index (κ2) is 16.3. The number of aryl methyl sites for hydroxylation is 2. The van der Waals surface area contributed by atoms with E-state index in [-0.39, 0.29) is 33.1 Å². The minimum atomic E-state index is -0.580. The zero-order valence-corrected chi connectivity index (χ0v) is 27.0. The van der Waals surface area contributed by atoms with Gasteiger partial charge in [0, 0.05) is 37.3 Å². The number of esters is 1. The number of alkyl halides is 1. The van der Waals surface area contributed by atoms with Gasteiger partial charge in [0.25, 0.3) is 0 Å². The van der Waals surface area contributed by atoms with Gasteiger partial charge in [-0.15, -0.1) is 23.4 Å². The van der Waals surface area contributed by atoms with E-state index in [0.29, 0.717) is 35.9 Å². The summed E-state index contributed by atoms with van der Waals surface area (Å²) >= 11 is 13.8. The van der Waals surface area contributed by atoms with Crippen molar-refractivity contribution in [3.8, 4) is 0 Å². The number of fused-ring (bicyclic) bond motifs is 1. The Morgan fingerprint density at radius 3 is 2.43 bits per heavy atom. The van der Waals surface area contributed by atoms with Crippen LogP contribution in [0.4, 0.5) is 15.8 Å². The lowest BCUT2D eigenvalue weighted by Crippen LogP contribution is -2.35. The molecule has 3 aromatic rings. The molecule has 0 fully saturated rings. The van der Waals surface area contributed by atoms with Crippen molar-refractivity contribution < 1.29 is 23.5 Å². The summed E-state index contributed by atoms with van der Waals surface area (Å²) < 4.78 is 27.3. The topological polar surface area (TPSA) is 95.1 Å². The molecule has 228 valence electrons. The first kappa shape index (κ1) is 33.9. The van der Waals surface area contributed by atoms with Crippen LogP contribution in [0.1, 0.15) is 24.0 Å². The van der Waals surface area contributed by atoms with Gasteiger partial charge in [0.05, 0.1) is 24.5 Å². The summed E-state index contributed by atoms with van der Waals surface area (Å²) in [5.41, 5.74) is 3.16. The van der Waals surface area contributed by atoms with Crippen LogP contribution in [0.3, 0.4) is 0 Å². The van der Waals surface area contributed by atoms with Gasteiger partial charge in [-0.25, -0.2) is 14.1 Å². The summed E-state index contributed by atoms with van der Waals surface area (Å²) in [6, 6.07) is 8.60. The molecular weight excluding hydrogens is 626 g/mol. The van der Waals surface area contributed by atoms with E-state index in [1.807, 2.05) is 32.0 Å². The SMILES string of the molecule is COC(=O)CSc1cc(N=c2sc(=O)n3n2CCCC3)c(F)cc1Cl.COCCN(C(=O)CCl)c1c(C)cccc1C. The fourth-order valence-corrected chi connectivity index (χ4v) is 6.41. The molecular formula is C28H33Cl2FN4O5S2. The molecule has 0 N–H and O–H groups in total. The van der Waals surface area contributed by atoms with Gasteiger partial charge < -0.3 is 14.4 Å². The standard InChI is InChI=1S/C15H15ClFN3O3S2.C13H18ClNO2/c1-23-13(21)8-24-12-7-11(10(17)6-9(12)16)18-14-19-4-2-3-5-20(19)15(22)25-14;1-10-5-4-6-11(2)13(10)15(7-8-17-3)12(16)9-14/h6-7H,2-5,8H2,1H3;4-6H,7-9H2,1-3H3. The van der Waals surface area contributed by atoms with Crippen molar-refractivity contribution in [3.05, 3.63) is 66.8 Å². The van der Waals surface area contributed by atoms with Crippen molar-refractivity contribution in [1.29, 1.82) is 0 Å². The third-order valence-electron chi connectivity index (χ3n) is 6.33. The normalized spacial score (nSPS) is 12.8. The minimum Gasteiger partial charge on any atom is -0.468 e. The van der Waals surface area contributed by atoms with Crippen LogP contribution < -0.4 is 14.6 Å². The molecule has 14 heteroatoms. The fraction of sp³-hybridized carbons (Fsp3) is 0.429. The number of aromatic nitrogens is 2. The molecule has 2 aromatic carbocycles. The van der Waals surface area contributed by atoms with Crippen LogP contribution in [-0.4, -0.2) is 60.2 Å². The van der Waals surface area contributed by atoms with Crippen LogP contribution in [0.5, 0.6) is 0 Å². The number of benzene rings is 2. The van der Waals surface area contributed by atoms with E-state index in [0.717, 1.165) is 58.8 Å². The summed E-state index contributed by atoms with van der Waals surface area (Å²) in [6.07, 6.45) is 1.90. The van der Waals surface area contributed by atoms with E-state index in [1.165, 1.54) is 13.2 Å². The van der Waals surface area contributed by atoms with Gasteiger partial charge in [0.2, 0.25) is 10.7 Å². The van der Waals surface area contributed by atoms with Crippen LogP contribution in [0.25, 0.3) is 0 Å². The monoisotopic (exact) mass is 658 g/mol. The van der Waals surface area contributed by atoms with Crippen molar-refractivity contribution >= 4 is 69.6 Å². The molecule has 9 nitrogen and oxygen atoms in total. The zero-order chi connectivity index (χ0) is 30.8. The van der Waals surface area contributed by atoms with Crippen molar-refractivity contribution in [3.63, 3.8) is 0 Å². The molecule has 1 aliphatic heterocycles. The molecule has 0 saturated carbocycles. The number of rotatable bonds is 9. The largest absolute Gasteiger partial charge is 0.468 e. The summed E-state index contributed by atoms with van der Waals surface area (Å²) in [5, 5.41) is 0.199. The van der Waals surface area contributed by atoms with Gasteiger partial charge in [0.15, 0.2) is 0 Å². The average molecular weight is 660 g/mol. The Kier molecular flexibility index (Phi) is 13.1. The molecule has 0 saturated heterocycles. The highest BCUT2D eigenvalue weighted by Gasteiger charge is 2.18. The lowest BCUT2D eigenvalue weighted by atomic mass is 10.1. The number of nitrogens with zero attached hydrogens (tertiary/aromatic N) is 4. The molecule has 1 aromatic heterocycles. The quantitative estimate of drug-likeness (QED) is 0.176. The number of anilines is 1. The zero-order valence-electron chi connectivity index (χ0n) is 23.8. The third kappa shape index (κ3) is 8.70. The Hall–Kier alpha value is -2.64. The van der Waals surface area contributed by atoms with Gasteiger partial charge in [-0.3, -0.25) is 19.1 Å².